The van der Waals surface area contributed by atoms with Gasteiger partial charge in [0.15, 0.2) is 0 Å². The third kappa shape index (κ3) is 3.08. The van der Waals surface area contributed by atoms with E-state index in [2.05, 4.69) is 25.6 Å². The molecule has 0 bridgehead atoms. The molecule has 0 saturated heterocycles. The molecule has 0 radical (unpaired) electrons. The lowest BCUT2D eigenvalue weighted by molar-refractivity contribution is 0.252. The van der Waals surface area contributed by atoms with E-state index in [4.69, 9.17) is 4.74 Å². The number of urea groups is 1. The number of imidazole rings is 1. The van der Waals surface area contributed by atoms with Crippen LogP contribution in [0.1, 0.15) is 6.92 Å². The standard InChI is InChI=1S/C16H17N5O2/c1-3-18-16(22)21-15-19-12-7-11(10-5-4-6-17-9-10)8-13(23-2)14(12)20-15/h4-9H,3H2,1-2H3,(H3,18,19,20,21,22). The molecule has 7 heteroatoms. The fraction of sp³-hybridized carbons (Fsp3) is 0.188. The van der Waals surface area contributed by atoms with Crippen LogP contribution >= 0.6 is 0 Å². The number of nitrogens with one attached hydrogen (secondary N) is 3. The van der Waals surface area contributed by atoms with Crippen molar-refractivity contribution in [2.45, 2.75) is 6.92 Å². The summed E-state index contributed by atoms with van der Waals surface area (Å²) in [6.45, 7) is 2.39. The van der Waals surface area contributed by atoms with Crippen molar-refractivity contribution in [3.05, 3.63) is 36.7 Å². The summed E-state index contributed by atoms with van der Waals surface area (Å²) in [7, 11) is 1.59. The molecule has 2 amide bonds. The number of amides is 2. The van der Waals surface area contributed by atoms with Gasteiger partial charge in [-0.15, -0.1) is 0 Å². The number of anilines is 1. The van der Waals surface area contributed by atoms with Gasteiger partial charge in [-0.25, -0.2) is 9.78 Å². The number of hydrogen-bond donors (Lipinski definition) is 3. The van der Waals surface area contributed by atoms with Gasteiger partial charge in [-0.1, -0.05) is 6.07 Å². The van der Waals surface area contributed by atoms with Gasteiger partial charge in [-0.3, -0.25) is 10.3 Å². The van der Waals surface area contributed by atoms with Crippen LogP contribution < -0.4 is 15.4 Å². The topological polar surface area (TPSA) is 91.9 Å². The molecule has 2 aromatic heterocycles. The van der Waals surface area contributed by atoms with Crippen LogP contribution in [0, 0.1) is 0 Å². The van der Waals surface area contributed by atoms with Gasteiger partial charge in [0.2, 0.25) is 5.95 Å². The molecule has 118 valence electrons. The molecule has 0 aliphatic heterocycles. The zero-order chi connectivity index (χ0) is 16.2. The number of rotatable bonds is 4. The molecule has 0 fully saturated rings. The third-order valence-corrected chi connectivity index (χ3v) is 3.34. The van der Waals surface area contributed by atoms with E-state index >= 15 is 0 Å². The van der Waals surface area contributed by atoms with Crippen LogP contribution in [0.4, 0.5) is 10.7 Å². The van der Waals surface area contributed by atoms with Crippen LogP contribution in [0.15, 0.2) is 36.7 Å². The first-order valence-electron chi connectivity index (χ1n) is 7.24. The minimum atomic E-state index is -0.307. The van der Waals surface area contributed by atoms with Crippen LogP contribution in [0.3, 0.4) is 0 Å². The lowest BCUT2D eigenvalue weighted by Crippen LogP contribution is -2.28. The summed E-state index contributed by atoms with van der Waals surface area (Å²) in [6.07, 6.45) is 3.51. The quantitative estimate of drug-likeness (QED) is 0.691. The molecule has 3 rings (SSSR count). The first-order valence-corrected chi connectivity index (χ1v) is 7.24. The van der Waals surface area contributed by atoms with Gasteiger partial charge in [0.25, 0.3) is 0 Å². The number of hydrogen-bond acceptors (Lipinski definition) is 4. The van der Waals surface area contributed by atoms with Gasteiger partial charge in [0.1, 0.15) is 11.3 Å². The van der Waals surface area contributed by atoms with E-state index in [1.807, 2.05) is 31.2 Å². The highest BCUT2D eigenvalue weighted by Crippen LogP contribution is 2.31. The van der Waals surface area contributed by atoms with Gasteiger partial charge < -0.3 is 15.0 Å². The maximum absolute atomic E-state index is 11.6. The van der Waals surface area contributed by atoms with E-state index in [9.17, 15) is 4.79 Å². The molecule has 0 aliphatic rings. The average molecular weight is 311 g/mol. The van der Waals surface area contributed by atoms with Crippen LogP contribution in [0.25, 0.3) is 22.2 Å². The predicted molar refractivity (Wildman–Crippen MR) is 88.6 cm³/mol. The Morgan fingerprint density at radius 2 is 2.22 bits per heavy atom. The summed E-state index contributed by atoms with van der Waals surface area (Å²) in [5, 5.41) is 5.31. The fourth-order valence-corrected chi connectivity index (χ4v) is 2.31. The minimum Gasteiger partial charge on any atom is -0.494 e. The summed E-state index contributed by atoms with van der Waals surface area (Å²) in [6, 6.07) is 7.39. The van der Waals surface area contributed by atoms with Gasteiger partial charge in [0, 0.05) is 24.5 Å². The number of H-pyrrole nitrogens is 1. The highest BCUT2D eigenvalue weighted by molar-refractivity contribution is 5.93. The van der Waals surface area contributed by atoms with Crippen molar-refractivity contribution < 1.29 is 9.53 Å². The normalized spacial score (nSPS) is 10.5. The largest absolute Gasteiger partial charge is 0.494 e. The molecule has 0 saturated carbocycles. The summed E-state index contributed by atoms with van der Waals surface area (Å²) in [5.74, 6) is 0.995. The van der Waals surface area contributed by atoms with Crippen LogP contribution in [0.2, 0.25) is 0 Å². The number of ether oxygens (including phenoxy) is 1. The molecule has 3 N–H and O–H groups in total. The second-order valence-corrected chi connectivity index (χ2v) is 4.89. The zero-order valence-corrected chi connectivity index (χ0v) is 12.9. The van der Waals surface area contributed by atoms with E-state index < -0.39 is 0 Å². The van der Waals surface area contributed by atoms with Gasteiger partial charge in [-0.2, -0.15) is 0 Å². The Balaban J connectivity index is 2.02. The number of nitrogens with zero attached hydrogens (tertiary/aromatic N) is 2. The van der Waals surface area contributed by atoms with Crippen molar-refractivity contribution >= 4 is 23.0 Å². The van der Waals surface area contributed by atoms with Gasteiger partial charge >= 0.3 is 6.03 Å². The number of carbonyl (C=O) groups excluding carboxylic acids is 1. The maximum atomic E-state index is 11.6. The Kier molecular flexibility index (Phi) is 4.09. The Bertz CT molecular complexity index is 829. The SMILES string of the molecule is CCNC(=O)Nc1nc2c(OC)cc(-c3cccnc3)cc2[nH]1. The molecule has 7 nitrogen and oxygen atoms in total. The van der Waals surface area contributed by atoms with E-state index in [0.717, 1.165) is 16.6 Å². The van der Waals surface area contributed by atoms with Crippen LogP contribution in [-0.4, -0.2) is 34.6 Å². The maximum Gasteiger partial charge on any atom is 0.321 e. The van der Waals surface area contributed by atoms with Gasteiger partial charge in [-0.05, 0) is 30.7 Å². The van der Waals surface area contributed by atoms with Crippen LogP contribution in [0.5, 0.6) is 5.75 Å². The molecule has 3 aromatic rings. The van der Waals surface area contributed by atoms with E-state index in [1.165, 1.54) is 0 Å². The number of aromatic amines is 1. The monoisotopic (exact) mass is 311 g/mol. The Labute approximate surface area is 133 Å². The molecule has 0 atom stereocenters. The highest BCUT2D eigenvalue weighted by atomic mass is 16.5. The predicted octanol–water partition coefficient (Wildman–Crippen LogP) is 2.77. The molecule has 0 unspecified atom stereocenters. The lowest BCUT2D eigenvalue weighted by Gasteiger charge is -2.05. The summed E-state index contributed by atoms with van der Waals surface area (Å²) >= 11 is 0. The summed E-state index contributed by atoms with van der Waals surface area (Å²) in [5.41, 5.74) is 3.36. The van der Waals surface area contributed by atoms with Crippen molar-refractivity contribution in [3.63, 3.8) is 0 Å². The molecular formula is C16H17N5O2. The molecular weight excluding hydrogens is 294 g/mol. The van der Waals surface area contributed by atoms with Crippen molar-refractivity contribution in [2.75, 3.05) is 19.0 Å². The number of pyridine rings is 1. The second kappa shape index (κ2) is 6.35. The van der Waals surface area contributed by atoms with Crippen LogP contribution in [-0.2, 0) is 0 Å². The summed E-state index contributed by atoms with van der Waals surface area (Å²) < 4.78 is 5.42. The Morgan fingerprint density at radius 3 is 2.91 bits per heavy atom. The lowest BCUT2D eigenvalue weighted by atomic mass is 10.1. The number of aromatic nitrogens is 3. The fourth-order valence-electron chi connectivity index (χ4n) is 2.31. The third-order valence-electron chi connectivity index (χ3n) is 3.34. The van der Waals surface area contributed by atoms with E-state index in [0.29, 0.717) is 23.8 Å². The van der Waals surface area contributed by atoms with Gasteiger partial charge in [0.05, 0.1) is 12.6 Å². The molecule has 2 heterocycles. The average Bonchev–Trinajstić information content (AvgIpc) is 2.97. The molecule has 23 heavy (non-hydrogen) atoms. The smallest absolute Gasteiger partial charge is 0.321 e. The molecule has 0 spiro atoms. The first kappa shape index (κ1) is 14.8. The molecule has 1 aromatic carbocycles. The number of benzene rings is 1. The van der Waals surface area contributed by atoms with Crippen molar-refractivity contribution in [3.8, 4) is 16.9 Å². The van der Waals surface area contributed by atoms with Crippen molar-refractivity contribution in [2.24, 2.45) is 0 Å². The number of fused-ring (bicyclic) bond motifs is 1. The first-order chi connectivity index (χ1) is 11.2. The van der Waals surface area contributed by atoms with Crippen molar-refractivity contribution in [1.82, 2.24) is 20.3 Å². The number of carbonyl (C=O) groups is 1. The zero-order valence-electron chi connectivity index (χ0n) is 12.9. The number of methoxy groups -OCH3 is 1. The highest BCUT2D eigenvalue weighted by Gasteiger charge is 2.12. The molecule has 0 aliphatic carbocycles. The minimum absolute atomic E-state index is 0.307. The van der Waals surface area contributed by atoms with E-state index in [1.54, 1.807) is 19.5 Å². The van der Waals surface area contributed by atoms with Crippen molar-refractivity contribution in [1.29, 1.82) is 0 Å². The summed E-state index contributed by atoms with van der Waals surface area (Å²) in [4.78, 5) is 23.2. The second-order valence-electron chi connectivity index (χ2n) is 4.89. The Hall–Kier alpha value is -3.09. The Morgan fingerprint density at radius 1 is 1.35 bits per heavy atom. The van der Waals surface area contributed by atoms with E-state index in [-0.39, 0.29) is 6.03 Å².